The van der Waals surface area contributed by atoms with Gasteiger partial charge in [0.05, 0.1) is 35.4 Å². The molecule has 1 aliphatic rings. The molecule has 8 nitrogen and oxygen atoms in total. The minimum absolute atomic E-state index is 0.0955. The summed E-state index contributed by atoms with van der Waals surface area (Å²) in [5, 5.41) is 12.2. The van der Waals surface area contributed by atoms with Gasteiger partial charge >= 0.3 is 11.9 Å². The Morgan fingerprint density at radius 1 is 1.03 bits per heavy atom. The lowest BCUT2D eigenvalue weighted by Crippen LogP contribution is -2.14. The number of esters is 1. The first kappa shape index (κ1) is 21.1. The Bertz CT molecular complexity index is 1460. The number of cyclic esters (lactones) is 1. The summed E-state index contributed by atoms with van der Waals surface area (Å²) >= 11 is 0. The molecule has 0 aliphatic carbocycles. The first-order chi connectivity index (χ1) is 16.5. The van der Waals surface area contributed by atoms with Crippen LogP contribution in [0.1, 0.15) is 33.9 Å². The van der Waals surface area contributed by atoms with Crippen LogP contribution in [0.2, 0.25) is 0 Å². The molecule has 1 aliphatic heterocycles. The van der Waals surface area contributed by atoms with Gasteiger partial charge < -0.3 is 19.7 Å². The number of hydrogen-bond acceptors (Lipinski definition) is 5. The van der Waals surface area contributed by atoms with Crippen LogP contribution in [-0.2, 0) is 14.3 Å². The maximum Gasteiger partial charge on any atom is 0.344 e. The fourth-order valence-electron chi connectivity index (χ4n) is 4.07. The van der Waals surface area contributed by atoms with Gasteiger partial charge in [-0.1, -0.05) is 48.5 Å². The number of amides is 1. The molecule has 5 rings (SSSR count). The number of fused-ring (bicyclic) bond motifs is 2. The van der Waals surface area contributed by atoms with Gasteiger partial charge in [0.2, 0.25) is 0 Å². The molecule has 0 spiro atoms. The zero-order chi connectivity index (χ0) is 23.7. The lowest BCUT2D eigenvalue weighted by atomic mass is 10.0. The molecule has 1 unspecified atom stereocenters. The lowest BCUT2D eigenvalue weighted by molar-refractivity contribution is -0.137. The third-order valence-electron chi connectivity index (χ3n) is 5.61. The number of carbonyl (C=O) groups excluding carboxylic acids is 2. The molecule has 3 aromatic carbocycles. The topological polar surface area (TPSA) is 111 Å². The number of ether oxygens (including phenoxy) is 1. The van der Waals surface area contributed by atoms with Crippen molar-refractivity contribution in [1.82, 2.24) is 9.55 Å². The lowest BCUT2D eigenvalue weighted by Gasteiger charge is -2.18. The number of carbonyl (C=O) groups is 3. The van der Waals surface area contributed by atoms with Gasteiger partial charge in [0.15, 0.2) is 0 Å². The van der Waals surface area contributed by atoms with Crippen molar-refractivity contribution in [1.29, 1.82) is 0 Å². The molecule has 1 atom stereocenters. The highest BCUT2D eigenvalue weighted by molar-refractivity contribution is 6.10. The molecule has 2 N–H and O–H groups in total. The molecule has 0 radical (unpaired) electrons. The Hall–Kier alpha value is -4.72. The summed E-state index contributed by atoms with van der Waals surface area (Å²) in [6, 6.07) is 21.0. The predicted octanol–water partition coefficient (Wildman–Crippen LogP) is 4.25. The molecule has 2 heterocycles. The van der Waals surface area contributed by atoms with Crippen molar-refractivity contribution < 1.29 is 24.2 Å². The van der Waals surface area contributed by atoms with E-state index in [1.54, 1.807) is 48.8 Å². The van der Waals surface area contributed by atoms with Gasteiger partial charge in [-0.2, -0.15) is 0 Å². The summed E-state index contributed by atoms with van der Waals surface area (Å²) in [5.74, 6) is -1.66. The Morgan fingerprint density at radius 3 is 2.53 bits per heavy atom. The number of carboxylic acid groups (broad SMARTS) is 1. The average Bonchev–Trinajstić information content (AvgIpc) is 3.39. The van der Waals surface area contributed by atoms with Crippen LogP contribution in [0.5, 0.6) is 0 Å². The van der Waals surface area contributed by atoms with Crippen molar-refractivity contribution in [2.75, 3.05) is 5.32 Å². The van der Waals surface area contributed by atoms with E-state index >= 15 is 0 Å². The van der Waals surface area contributed by atoms with E-state index in [1.165, 1.54) is 6.08 Å². The first-order valence-electron chi connectivity index (χ1n) is 10.6. The number of nitrogens with zero attached hydrogens (tertiary/aromatic N) is 2. The number of hydrogen-bond donors (Lipinski definition) is 2. The largest absolute Gasteiger partial charge is 0.481 e. The normalized spacial score (nSPS) is 14.6. The highest BCUT2D eigenvalue weighted by atomic mass is 16.5. The smallest absolute Gasteiger partial charge is 0.344 e. The predicted molar refractivity (Wildman–Crippen MR) is 125 cm³/mol. The third-order valence-corrected chi connectivity index (χ3v) is 5.61. The minimum atomic E-state index is -0.915. The zero-order valence-corrected chi connectivity index (χ0v) is 17.8. The number of rotatable bonds is 6. The number of imidazole rings is 1. The van der Waals surface area contributed by atoms with Crippen LogP contribution < -0.4 is 5.32 Å². The minimum Gasteiger partial charge on any atom is -0.481 e. The van der Waals surface area contributed by atoms with Gasteiger partial charge in [-0.3, -0.25) is 9.59 Å². The summed E-state index contributed by atoms with van der Waals surface area (Å²) < 4.78 is 7.03. The zero-order valence-electron chi connectivity index (χ0n) is 17.8. The van der Waals surface area contributed by atoms with E-state index < -0.39 is 23.9 Å². The SMILES string of the molecule is O=C(O)CC(c1ccccc1)n1cnc2cc(NC(=O)/C=C3\OC(=O)c4ccccc43)ccc21. The second kappa shape index (κ2) is 8.67. The van der Waals surface area contributed by atoms with E-state index in [-0.39, 0.29) is 12.2 Å². The second-order valence-corrected chi connectivity index (χ2v) is 7.81. The quantitative estimate of drug-likeness (QED) is 0.334. The molecule has 0 saturated carbocycles. The van der Waals surface area contributed by atoms with E-state index in [0.717, 1.165) is 11.1 Å². The van der Waals surface area contributed by atoms with Crippen LogP contribution in [0, 0.1) is 0 Å². The molecular formula is C26H19N3O5. The molecule has 1 aromatic heterocycles. The number of benzene rings is 3. The molecule has 34 heavy (non-hydrogen) atoms. The maximum absolute atomic E-state index is 12.6. The first-order valence-corrected chi connectivity index (χ1v) is 10.6. The molecule has 1 amide bonds. The van der Waals surface area contributed by atoms with E-state index in [1.807, 2.05) is 34.9 Å². The van der Waals surface area contributed by atoms with Crippen molar-refractivity contribution in [2.24, 2.45) is 0 Å². The molecular weight excluding hydrogens is 434 g/mol. The third kappa shape index (κ3) is 4.04. The molecule has 0 saturated heterocycles. The van der Waals surface area contributed by atoms with Crippen LogP contribution in [-0.4, -0.2) is 32.5 Å². The standard InChI is InChI=1S/C26H19N3O5/c30-24(14-23-18-8-4-5-9-19(18)26(33)34-23)28-17-10-11-21-20(12-17)27-15-29(21)22(13-25(31)32)16-6-2-1-3-7-16/h1-12,14-15,22H,13H2,(H,28,30)(H,31,32)/b23-14-. The highest BCUT2D eigenvalue weighted by Crippen LogP contribution is 2.30. The average molecular weight is 453 g/mol. The number of aromatic nitrogens is 2. The summed E-state index contributed by atoms with van der Waals surface area (Å²) in [5.41, 5.74) is 3.70. The van der Waals surface area contributed by atoms with Crippen molar-refractivity contribution in [3.63, 3.8) is 0 Å². The monoisotopic (exact) mass is 453 g/mol. The Kier molecular flexibility index (Phi) is 5.39. The number of anilines is 1. The molecule has 168 valence electrons. The number of aliphatic carboxylic acids is 1. The highest BCUT2D eigenvalue weighted by Gasteiger charge is 2.26. The molecule has 0 bridgehead atoms. The number of nitrogens with one attached hydrogen (secondary N) is 1. The molecule has 0 fully saturated rings. The number of carboxylic acids is 1. The summed E-state index contributed by atoms with van der Waals surface area (Å²) in [6.45, 7) is 0. The van der Waals surface area contributed by atoms with Crippen LogP contribution in [0.4, 0.5) is 5.69 Å². The maximum atomic E-state index is 12.6. The summed E-state index contributed by atoms with van der Waals surface area (Å²) in [4.78, 5) is 40.4. The van der Waals surface area contributed by atoms with Crippen molar-refractivity contribution >= 4 is 40.3 Å². The van der Waals surface area contributed by atoms with E-state index in [0.29, 0.717) is 22.3 Å². The Morgan fingerprint density at radius 2 is 1.76 bits per heavy atom. The van der Waals surface area contributed by atoms with Gasteiger partial charge in [0, 0.05) is 17.3 Å². The van der Waals surface area contributed by atoms with Crippen LogP contribution in [0.15, 0.2) is 85.2 Å². The van der Waals surface area contributed by atoms with Gasteiger partial charge in [-0.05, 0) is 29.8 Å². The van der Waals surface area contributed by atoms with E-state index in [2.05, 4.69) is 10.3 Å². The van der Waals surface area contributed by atoms with Crippen molar-refractivity contribution in [3.8, 4) is 0 Å². The van der Waals surface area contributed by atoms with Crippen LogP contribution in [0.25, 0.3) is 16.8 Å². The van der Waals surface area contributed by atoms with Crippen molar-refractivity contribution in [3.05, 3.63) is 102 Å². The van der Waals surface area contributed by atoms with E-state index in [9.17, 15) is 19.5 Å². The van der Waals surface area contributed by atoms with Gasteiger partial charge in [0.25, 0.3) is 5.91 Å². The van der Waals surface area contributed by atoms with E-state index in [4.69, 9.17) is 4.74 Å². The molecule has 4 aromatic rings. The fraction of sp³-hybridized carbons (Fsp3) is 0.0769. The van der Waals surface area contributed by atoms with Crippen LogP contribution in [0.3, 0.4) is 0 Å². The van der Waals surface area contributed by atoms with Crippen LogP contribution >= 0.6 is 0 Å². The van der Waals surface area contributed by atoms with Gasteiger partial charge in [0.1, 0.15) is 5.76 Å². The van der Waals surface area contributed by atoms with Gasteiger partial charge in [-0.25, -0.2) is 9.78 Å². The van der Waals surface area contributed by atoms with Crippen molar-refractivity contribution in [2.45, 2.75) is 12.5 Å². The Balaban J connectivity index is 1.40. The summed E-state index contributed by atoms with van der Waals surface area (Å²) in [7, 11) is 0. The molecule has 8 heteroatoms. The van der Waals surface area contributed by atoms with Gasteiger partial charge in [-0.15, -0.1) is 0 Å². The Labute approximate surface area is 194 Å². The second-order valence-electron chi connectivity index (χ2n) is 7.81. The summed E-state index contributed by atoms with van der Waals surface area (Å²) in [6.07, 6.45) is 2.75. The fourth-order valence-corrected chi connectivity index (χ4v) is 4.07.